The average Bonchev–Trinajstić information content (AvgIpc) is 2.46. The zero-order valence-corrected chi connectivity index (χ0v) is 13.1. The van der Waals surface area contributed by atoms with Gasteiger partial charge in [0.25, 0.3) is 0 Å². The molecule has 1 heterocycles. The molecule has 0 aliphatic rings. The van der Waals surface area contributed by atoms with Crippen molar-refractivity contribution in [3.63, 3.8) is 0 Å². The van der Waals surface area contributed by atoms with Gasteiger partial charge in [-0.1, -0.05) is 23.7 Å². The number of nitrogens with zero attached hydrogens (tertiary/aromatic N) is 1. The van der Waals surface area contributed by atoms with Gasteiger partial charge in [0.1, 0.15) is 4.90 Å². The Balaban J connectivity index is 2.16. The molecule has 0 aliphatic heterocycles. The Bertz CT molecular complexity index is 730. The van der Waals surface area contributed by atoms with Gasteiger partial charge in [0.2, 0.25) is 10.0 Å². The normalized spacial score (nSPS) is 11.6. The van der Waals surface area contributed by atoms with E-state index >= 15 is 0 Å². The highest BCUT2D eigenvalue weighted by atomic mass is 35.5. The van der Waals surface area contributed by atoms with Crippen molar-refractivity contribution in [1.29, 1.82) is 0 Å². The SMILES string of the molecule is Cc1ccc(CNS(=O)(=O)c2ccc(CN)cc2Cl)cn1. The molecular weight excluding hydrogens is 310 g/mol. The third-order valence-corrected chi connectivity index (χ3v) is 4.84. The van der Waals surface area contributed by atoms with Crippen molar-refractivity contribution < 1.29 is 8.42 Å². The zero-order chi connectivity index (χ0) is 15.5. The molecular formula is C14H16ClN3O2S. The van der Waals surface area contributed by atoms with Crippen LogP contribution in [0.4, 0.5) is 0 Å². The van der Waals surface area contributed by atoms with E-state index in [-0.39, 0.29) is 16.5 Å². The van der Waals surface area contributed by atoms with E-state index in [1.807, 2.05) is 19.1 Å². The molecule has 0 amide bonds. The number of aromatic nitrogens is 1. The van der Waals surface area contributed by atoms with Gasteiger partial charge in [-0.3, -0.25) is 4.98 Å². The number of aryl methyl sites for hydroxylation is 1. The van der Waals surface area contributed by atoms with Crippen LogP contribution in [0.25, 0.3) is 0 Å². The first-order valence-corrected chi connectivity index (χ1v) is 8.18. The summed E-state index contributed by atoms with van der Waals surface area (Å²) in [7, 11) is -3.67. The second kappa shape index (κ2) is 6.53. The Morgan fingerprint density at radius 1 is 1.24 bits per heavy atom. The lowest BCUT2D eigenvalue weighted by molar-refractivity contribution is 0.581. The summed E-state index contributed by atoms with van der Waals surface area (Å²) in [6.45, 7) is 2.33. The van der Waals surface area contributed by atoms with Crippen LogP contribution in [-0.2, 0) is 23.1 Å². The molecule has 112 valence electrons. The van der Waals surface area contributed by atoms with E-state index < -0.39 is 10.0 Å². The van der Waals surface area contributed by atoms with Crippen LogP contribution in [0.5, 0.6) is 0 Å². The van der Waals surface area contributed by atoms with Crippen LogP contribution in [0.1, 0.15) is 16.8 Å². The summed E-state index contributed by atoms with van der Waals surface area (Å²) in [5, 5.41) is 0.160. The average molecular weight is 326 g/mol. The van der Waals surface area contributed by atoms with Crippen LogP contribution < -0.4 is 10.5 Å². The van der Waals surface area contributed by atoms with Gasteiger partial charge in [-0.15, -0.1) is 0 Å². The summed E-state index contributed by atoms with van der Waals surface area (Å²) in [4.78, 5) is 4.16. The Morgan fingerprint density at radius 2 is 1.95 bits per heavy atom. The Morgan fingerprint density at radius 3 is 2.52 bits per heavy atom. The number of pyridine rings is 1. The molecule has 0 atom stereocenters. The highest BCUT2D eigenvalue weighted by Crippen LogP contribution is 2.22. The highest BCUT2D eigenvalue weighted by molar-refractivity contribution is 7.89. The smallest absolute Gasteiger partial charge is 0.242 e. The number of nitrogens with two attached hydrogens (primary N) is 1. The van der Waals surface area contributed by atoms with E-state index in [1.165, 1.54) is 6.07 Å². The standard InChI is InChI=1S/C14H16ClN3O2S/c1-10-2-3-12(8-17-10)9-18-21(19,20)14-5-4-11(7-16)6-13(14)15/h2-6,8,18H,7,9,16H2,1H3. The molecule has 0 saturated heterocycles. The summed E-state index contributed by atoms with van der Waals surface area (Å²) in [6, 6.07) is 8.31. The number of hydrogen-bond donors (Lipinski definition) is 2. The van der Waals surface area contributed by atoms with Crippen molar-refractivity contribution in [2.75, 3.05) is 0 Å². The Hall–Kier alpha value is -1.47. The molecule has 0 spiro atoms. The predicted octanol–water partition coefficient (Wildman–Crippen LogP) is 1.98. The first-order valence-electron chi connectivity index (χ1n) is 6.32. The summed E-state index contributed by atoms with van der Waals surface area (Å²) in [6.07, 6.45) is 1.64. The third kappa shape index (κ3) is 4.01. The number of sulfonamides is 1. The lowest BCUT2D eigenvalue weighted by atomic mass is 10.2. The van der Waals surface area contributed by atoms with Gasteiger partial charge in [0.15, 0.2) is 0 Å². The summed E-state index contributed by atoms with van der Waals surface area (Å²) in [5.74, 6) is 0. The van der Waals surface area contributed by atoms with Crippen molar-refractivity contribution in [3.8, 4) is 0 Å². The second-order valence-electron chi connectivity index (χ2n) is 4.60. The summed E-state index contributed by atoms with van der Waals surface area (Å²) < 4.78 is 27.0. The summed E-state index contributed by atoms with van der Waals surface area (Å²) >= 11 is 6.01. The van der Waals surface area contributed by atoms with Gasteiger partial charge in [0, 0.05) is 25.0 Å². The fourth-order valence-corrected chi connectivity index (χ4v) is 3.33. The maximum absolute atomic E-state index is 12.2. The predicted molar refractivity (Wildman–Crippen MR) is 82.3 cm³/mol. The topological polar surface area (TPSA) is 85.1 Å². The first-order chi connectivity index (χ1) is 9.92. The molecule has 2 aromatic rings. The first kappa shape index (κ1) is 15.9. The number of benzene rings is 1. The lowest BCUT2D eigenvalue weighted by Gasteiger charge is -2.09. The number of hydrogen-bond acceptors (Lipinski definition) is 4. The molecule has 7 heteroatoms. The molecule has 0 fully saturated rings. The van der Waals surface area contributed by atoms with Gasteiger partial charge in [0.05, 0.1) is 5.02 Å². The molecule has 0 radical (unpaired) electrons. The van der Waals surface area contributed by atoms with Crippen molar-refractivity contribution >= 4 is 21.6 Å². The lowest BCUT2D eigenvalue weighted by Crippen LogP contribution is -2.23. The molecule has 0 unspecified atom stereocenters. The number of halogens is 1. The van der Waals surface area contributed by atoms with Crippen LogP contribution in [-0.4, -0.2) is 13.4 Å². The highest BCUT2D eigenvalue weighted by Gasteiger charge is 2.17. The molecule has 3 N–H and O–H groups in total. The number of nitrogens with one attached hydrogen (secondary N) is 1. The molecule has 5 nitrogen and oxygen atoms in total. The molecule has 1 aromatic carbocycles. The van der Waals surface area contributed by atoms with Crippen LogP contribution in [0.3, 0.4) is 0 Å². The number of rotatable bonds is 5. The maximum Gasteiger partial charge on any atom is 0.242 e. The van der Waals surface area contributed by atoms with Gasteiger partial charge < -0.3 is 5.73 Å². The molecule has 0 saturated carbocycles. The Labute approximate surface area is 129 Å². The minimum Gasteiger partial charge on any atom is -0.326 e. The quantitative estimate of drug-likeness (QED) is 0.880. The fraction of sp³-hybridized carbons (Fsp3) is 0.214. The molecule has 2 rings (SSSR count). The third-order valence-electron chi connectivity index (χ3n) is 2.96. The van der Waals surface area contributed by atoms with E-state index in [2.05, 4.69) is 9.71 Å². The van der Waals surface area contributed by atoms with Crippen LogP contribution in [0.15, 0.2) is 41.4 Å². The maximum atomic E-state index is 12.2. The van der Waals surface area contributed by atoms with E-state index in [0.29, 0.717) is 6.54 Å². The van der Waals surface area contributed by atoms with E-state index in [0.717, 1.165) is 16.8 Å². The summed E-state index contributed by atoms with van der Waals surface area (Å²) in [5.41, 5.74) is 7.93. The Kier molecular flexibility index (Phi) is 4.95. The minimum absolute atomic E-state index is 0.0430. The van der Waals surface area contributed by atoms with Crippen LogP contribution in [0, 0.1) is 6.92 Å². The van der Waals surface area contributed by atoms with Gasteiger partial charge in [-0.2, -0.15) is 0 Å². The minimum atomic E-state index is -3.67. The molecule has 21 heavy (non-hydrogen) atoms. The largest absolute Gasteiger partial charge is 0.326 e. The monoisotopic (exact) mass is 325 g/mol. The molecule has 1 aromatic heterocycles. The van der Waals surface area contributed by atoms with Gasteiger partial charge in [-0.25, -0.2) is 13.1 Å². The zero-order valence-electron chi connectivity index (χ0n) is 11.5. The second-order valence-corrected chi connectivity index (χ2v) is 6.74. The van der Waals surface area contributed by atoms with Gasteiger partial charge >= 0.3 is 0 Å². The van der Waals surface area contributed by atoms with Crippen molar-refractivity contribution in [2.45, 2.75) is 24.9 Å². The van der Waals surface area contributed by atoms with Gasteiger partial charge in [-0.05, 0) is 36.2 Å². The fourth-order valence-electron chi connectivity index (χ4n) is 1.75. The van der Waals surface area contributed by atoms with Crippen LogP contribution in [0.2, 0.25) is 5.02 Å². The van der Waals surface area contributed by atoms with Crippen molar-refractivity contribution in [3.05, 3.63) is 58.4 Å². The van der Waals surface area contributed by atoms with E-state index in [4.69, 9.17) is 17.3 Å². The molecule has 0 aliphatic carbocycles. The molecule has 0 bridgehead atoms. The van der Waals surface area contributed by atoms with Crippen LogP contribution >= 0.6 is 11.6 Å². The van der Waals surface area contributed by atoms with E-state index in [1.54, 1.807) is 18.3 Å². The van der Waals surface area contributed by atoms with Crippen molar-refractivity contribution in [2.24, 2.45) is 5.73 Å². The van der Waals surface area contributed by atoms with E-state index in [9.17, 15) is 8.42 Å². The van der Waals surface area contributed by atoms with Crippen molar-refractivity contribution in [1.82, 2.24) is 9.71 Å².